The van der Waals surface area contributed by atoms with Gasteiger partial charge in [-0.3, -0.25) is 4.79 Å². The van der Waals surface area contributed by atoms with Crippen LogP contribution in [0.2, 0.25) is 0 Å². The fourth-order valence-electron chi connectivity index (χ4n) is 0.659. The molecule has 0 radical (unpaired) electrons. The molecule has 0 bridgehead atoms. The van der Waals surface area contributed by atoms with Crippen LogP contribution in [0.1, 0.15) is 17.5 Å². The molecule has 5 heteroatoms. The predicted octanol–water partition coefficient (Wildman–Crippen LogP) is 0.0674. The van der Waals surface area contributed by atoms with Gasteiger partial charge in [-0.25, -0.2) is 0 Å². The van der Waals surface area contributed by atoms with Crippen molar-refractivity contribution in [2.24, 2.45) is 5.73 Å². The van der Waals surface area contributed by atoms with Crippen LogP contribution in [0.25, 0.3) is 0 Å². The highest BCUT2D eigenvalue weighted by Gasteiger charge is 2.17. The highest BCUT2D eigenvalue weighted by Crippen LogP contribution is 2.09. The van der Waals surface area contributed by atoms with E-state index in [9.17, 15) is 4.79 Å². The summed E-state index contributed by atoms with van der Waals surface area (Å²) in [6, 6.07) is 0.408. The minimum absolute atomic E-state index is 0.245. The van der Waals surface area contributed by atoms with Gasteiger partial charge in [-0.1, -0.05) is 5.16 Å². The van der Waals surface area contributed by atoms with E-state index in [4.69, 9.17) is 10.8 Å². The summed E-state index contributed by atoms with van der Waals surface area (Å²) in [5.74, 6) is -0.560. The zero-order valence-corrected chi connectivity index (χ0v) is 5.94. The third kappa shape index (κ3) is 1.56. The molecule has 0 amide bonds. The molecule has 1 aromatic heterocycles. The number of hydrogen-bond acceptors (Lipinski definition) is 4. The van der Waals surface area contributed by atoms with Crippen LogP contribution in [-0.2, 0) is 4.79 Å². The maximum atomic E-state index is 10.3. The molecule has 0 aliphatic heterocycles. The van der Waals surface area contributed by atoms with Gasteiger partial charge in [0.1, 0.15) is 17.5 Å². The number of carboxylic acid groups (broad SMARTS) is 1. The minimum atomic E-state index is -1.11. The van der Waals surface area contributed by atoms with Crippen molar-refractivity contribution in [1.29, 1.82) is 0 Å². The minimum Gasteiger partial charge on any atom is -0.480 e. The van der Waals surface area contributed by atoms with E-state index in [1.54, 1.807) is 6.92 Å². The first-order valence-corrected chi connectivity index (χ1v) is 3.03. The molecule has 1 unspecified atom stereocenters. The van der Waals surface area contributed by atoms with Crippen LogP contribution in [0, 0.1) is 6.92 Å². The Labute approximate surface area is 62.8 Å². The van der Waals surface area contributed by atoms with Gasteiger partial charge in [0.2, 0.25) is 0 Å². The Morgan fingerprint density at radius 2 is 2.55 bits per heavy atom. The predicted molar refractivity (Wildman–Crippen MR) is 35.8 cm³/mol. The summed E-state index contributed by atoms with van der Waals surface area (Å²) in [5, 5.41) is 11.9. The van der Waals surface area contributed by atoms with Crippen LogP contribution in [0.15, 0.2) is 10.6 Å². The molecule has 3 N–H and O–H groups in total. The van der Waals surface area contributed by atoms with Crippen molar-refractivity contribution in [3.63, 3.8) is 0 Å². The van der Waals surface area contributed by atoms with Crippen molar-refractivity contribution in [1.82, 2.24) is 5.16 Å². The summed E-state index contributed by atoms with van der Waals surface area (Å²) in [6.45, 7) is 1.67. The SMILES string of the molecule is Cc1cc(C(N)C(=O)O)no1. The summed E-state index contributed by atoms with van der Waals surface area (Å²) in [6.07, 6.45) is 0. The Morgan fingerprint density at radius 3 is 2.91 bits per heavy atom. The molecule has 1 atom stereocenters. The van der Waals surface area contributed by atoms with Crippen molar-refractivity contribution in [3.05, 3.63) is 17.5 Å². The molecular weight excluding hydrogens is 148 g/mol. The summed E-state index contributed by atoms with van der Waals surface area (Å²) in [7, 11) is 0. The highest BCUT2D eigenvalue weighted by atomic mass is 16.5. The van der Waals surface area contributed by atoms with Crippen LogP contribution < -0.4 is 5.73 Å². The van der Waals surface area contributed by atoms with Crippen molar-refractivity contribution in [3.8, 4) is 0 Å². The van der Waals surface area contributed by atoms with E-state index in [1.165, 1.54) is 6.07 Å². The molecule has 0 aliphatic rings. The second-order valence-electron chi connectivity index (χ2n) is 2.18. The normalized spacial score (nSPS) is 12.9. The van der Waals surface area contributed by atoms with E-state index >= 15 is 0 Å². The molecule has 60 valence electrons. The Bertz CT molecular complexity index is 269. The lowest BCUT2D eigenvalue weighted by Crippen LogP contribution is -2.20. The molecule has 1 heterocycles. The smallest absolute Gasteiger partial charge is 0.326 e. The third-order valence-corrected chi connectivity index (χ3v) is 1.23. The Balaban J connectivity index is 2.84. The molecule has 0 fully saturated rings. The number of nitrogens with zero attached hydrogens (tertiary/aromatic N) is 1. The largest absolute Gasteiger partial charge is 0.480 e. The quantitative estimate of drug-likeness (QED) is 0.632. The lowest BCUT2D eigenvalue weighted by Gasteiger charge is -1.97. The van der Waals surface area contributed by atoms with Gasteiger partial charge in [-0.15, -0.1) is 0 Å². The fraction of sp³-hybridized carbons (Fsp3) is 0.333. The summed E-state index contributed by atoms with van der Waals surface area (Å²) >= 11 is 0. The van der Waals surface area contributed by atoms with Gasteiger partial charge in [0.05, 0.1) is 0 Å². The van der Waals surface area contributed by atoms with E-state index in [-0.39, 0.29) is 5.69 Å². The number of aromatic nitrogens is 1. The van der Waals surface area contributed by atoms with Crippen LogP contribution in [0.4, 0.5) is 0 Å². The molecule has 11 heavy (non-hydrogen) atoms. The fourth-order valence-corrected chi connectivity index (χ4v) is 0.659. The van der Waals surface area contributed by atoms with Crippen LogP contribution in [-0.4, -0.2) is 16.2 Å². The first kappa shape index (κ1) is 7.74. The van der Waals surface area contributed by atoms with Gasteiger partial charge in [0.25, 0.3) is 0 Å². The molecule has 1 rings (SSSR count). The molecule has 0 saturated heterocycles. The Morgan fingerprint density at radius 1 is 1.91 bits per heavy atom. The number of rotatable bonds is 2. The number of aryl methyl sites for hydroxylation is 1. The van der Waals surface area contributed by atoms with E-state index in [0.717, 1.165) is 0 Å². The van der Waals surface area contributed by atoms with Crippen LogP contribution in [0.5, 0.6) is 0 Å². The van der Waals surface area contributed by atoms with Gasteiger partial charge >= 0.3 is 5.97 Å². The molecule has 0 aliphatic carbocycles. The molecule has 0 spiro atoms. The van der Waals surface area contributed by atoms with Crippen LogP contribution in [0.3, 0.4) is 0 Å². The molecule has 5 nitrogen and oxygen atoms in total. The number of carboxylic acids is 1. The van der Waals surface area contributed by atoms with Crippen molar-refractivity contribution in [2.75, 3.05) is 0 Å². The van der Waals surface area contributed by atoms with Gasteiger partial charge in [0, 0.05) is 6.07 Å². The van der Waals surface area contributed by atoms with Gasteiger partial charge in [0.15, 0.2) is 0 Å². The lowest BCUT2D eigenvalue weighted by atomic mass is 10.2. The summed E-state index contributed by atoms with van der Waals surface area (Å²) < 4.78 is 4.64. The lowest BCUT2D eigenvalue weighted by molar-refractivity contribution is -0.138. The zero-order valence-electron chi connectivity index (χ0n) is 5.94. The van der Waals surface area contributed by atoms with E-state index < -0.39 is 12.0 Å². The highest BCUT2D eigenvalue weighted by molar-refractivity contribution is 5.74. The van der Waals surface area contributed by atoms with E-state index in [1.807, 2.05) is 0 Å². The third-order valence-electron chi connectivity index (χ3n) is 1.23. The summed E-state index contributed by atoms with van der Waals surface area (Å²) in [5.41, 5.74) is 5.47. The van der Waals surface area contributed by atoms with E-state index in [0.29, 0.717) is 5.76 Å². The molecule has 0 saturated carbocycles. The maximum absolute atomic E-state index is 10.3. The first-order chi connectivity index (χ1) is 5.11. The molecule has 0 aromatic carbocycles. The number of hydrogen-bond donors (Lipinski definition) is 2. The summed E-state index contributed by atoms with van der Waals surface area (Å²) in [4.78, 5) is 10.3. The number of nitrogens with two attached hydrogens (primary N) is 1. The maximum Gasteiger partial charge on any atom is 0.326 e. The molecular formula is C6H8N2O3. The average Bonchev–Trinajstić information content (AvgIpc) is 2.34. The van der Waals surface area contributed by atoms with Crippen molar-refractivity contribution >= 4 is 5.97 Å². The molecule has 1 aromatic rings. The Kier molecular flexibility index (Phi) is 1.91. The zero-order chi connectivity index (χ0) is 8.43. The topological polar surface area (TPSA) is 89.4 Å². The second kappa shape index (κ2) is 2.71. The number of aliphatic carboxylic acids is 1. The first-order valence-electron chi connectivity index (χ1n) is 3.03. The van der Waals surface area contributed by atoms with Gasteiger partial charge in [-0.05, 0) is 6.92 Å². The number of carbonyl (C=O) groups is 1. The monoisotopic (exact) mass is 156 g/mol. The van der Waals surface area contributed by atoms with Gasteiger partial charge < -0.3 is 15.4 Å². The van der Waals surface area contributed by atoms with Crippen molar-refractivity contribution < 1.29 is 14.4 Å². The average molecular weight is 156 g/mol. The standard InChI is InChI=1S/C6H8N2O3/c1-3-2-4(8-11-3)5(7)6(9)10/h2,5H,7H2,1H3,(H,9,10). The van der Waals surface area contributed by atoms with Crippen LogP contribution >= 0.6 is 0 Å². The second-order valence-corrected chi connectivity index (χ2v) is 2.18. The van der Waals surface area contributed by atoms with Gasteiger partial charge in [-0.2, -0.15) is 0 Å². The van der Waals surface area contributed by atoms with Crippen molar-refractivity contribution in [2.45, 2.75) is 13.0 Å². The Hall–Kier alpha value is -1.36. The van der Waals surface area contributed by atoms with E-state index in [2.05, 4.69) is 9.68 Å².